The van der Waals surface area contributed by atoms with Crippen LogP contribution >= 0.6 is 15.9 Å². The van der Waals surface area contributed by atoms with E-state index in [0.717, 1.165) is 4.47 Å². The number of carbonyl (C=O) groups is 1. The van der Waals surface area contributed by atoms with E-state index in [4.69, 9.17) is 4.74 Å². The van der Waals surface area contributed by atoms with Crippen LogP contribution in [0, 0.1) is 0 Å². The Kier molecular flexibility index (Phi) is 5.96. The topological polar surface area (TPSA) is 97.4 Å². The molecular formula is C19H16BrN3O4S. The van der Waals surface area contributed by atoms with Crippen molar-refractivity contribution in [1.29, 1.82) is 0 Å². The van der Waals surface area contributed by atoms with Crippen LogP contribution in [-0.4, -0.2) is 26.4 Å². The summed E-state index contributed by atoms with van der Waals surface area (Å²) in [6.07, 6.45) is 2.69. The summed E-state index contributed by atoms with van der Waals surface area (Å²) >= 11 is 3.26. The van der Waals surface area contributed by atoms with Crippen molar-refractivity contribution in [3.05, 3.63) is 77.0 Å². The molecule has 0 saturated carbocycles. The average Bonchev–Trinajstić information content (AvgIpc) is 2.69. The minimum atomic E-state index is -3.80. The highest BCUT2D eigenvalue weighted by Crippen LogP contribution is 2.20. The summed E-state index contributed by atoms with van der Waals surface area (Å²) in [6.45, 7) is 0. The number of anilines is 2. The number of amides is 1. The number of methoxy groups -OCH3 is 1. The molecule has 1 heterocycles. The number of benzene rings is 2. The molecule has 144 valence electrons. The van der Waals surface area contributed by atoms with Gasteiger partial charge < -0.3 is 10.1 Å². The van der Waals surface area contributed by atoms with Gasteiger partial charge in [-0.2, -0.15) is 0 Å². The van der Waals surface area contributed by atoms with Gasteiger partial charge >= 0.3 is 0 Å². The molecule has 0 atom stereocenters. The van der Waals surface area contributed by atoms with E-state index in [-0.39, 0.29) is 16.1 Å². The first kappa shape index (κ1) is 19.8. The predicted molar refractivity (Wildman–Crippen MR) is 110 cm³/mol. The molecular weight excluding hydrogens is 446 g/mol. The van der Waals surface area contributed by atoms with Gasteiger partial charge in [0.15, 0.2) is 0 Å². The minimum Gasteiger partial charge on any atom is -0.497 e. The van der Waals surface area contributed by atoms with Gasteiger partial charge in [-0.15, -0.1) is 0 Å². The maximum atomic E-state index is 12.5. The highest BCUT2D eigenvalue weighted by Gasteiger charge is 2.15. The Hall–Kier alpha value is -2.91. The third kappa shape index (κ3) is 4.87. The van der Waals surface area contributed by atoms with Crippen molar-refractivity contribution in [3.63, 3.8) is 0 Å². The summed E-state index contributed by atoms with van der Waals surface area (Å²) in [5.41, 5.74) is 0.976. The molecule has 9 heteroatoms. The Morgan fingerprint density at radius 1 is 1.00 bits per heavy atom. The quantitative estimate of drug-likeness (QED) is 0.579. The fourth-order valence-corrected chi connectivity index (χ4v) is 3.62. The number of sulfonamides is 1. The van der Waals surface area contributed by atoms with E-state index in [0.29, 0.717) is 11.4 Å². The van der Waals surface area contributed by atoms with Crippen LogP contribution < -0.4 is 14.8 Å². The van der Waals surface area contributed by atoms with E-state index >= 15 is 0 Å². The lowest BCUT2D eigenvalue weighted by Gasteiger charge is -2.10. The highest BCUT2D eigenvalue weighted by molar-refractivity contribution is 9.10. The third-order valence-electron chi connectivity index (χ3n) is 3.72. The van der Waals surface area contributed by atoms with Crippen molar-refractivity contribution >= 4 is 43.2 Å². The normalized spacial score (nSPS) is 10.9. The van der Waals surface area contributed by atoms with Crippen molar-refractivity contribution in [1.82, 2.24) is 4.98 Å². The van der Waals surface area contributed by atoms with E-state index < -0.39 is 15.9 Å². The summed E-state index contributed by atoms with van der Waals surface area (Å²) in [6, 6.07) is 14.5. The van der Waals surface area contributed by atoms with E-state index in [1.165, 1.54) is 30.6 Å². The number of hydrogen-bond donors (Lipinski definition) is 2. The molecule has 28 heavy (non-hydrogen) atoms. The molecule has 0 bridgehead atoms. The molecule has 0 aliphatic heterocycles. The smallest absolute Gasteiger partial charge is 0.261 e. The fourth-order valence-electron chi connectivity index (χ4n) is 2.33. The molecule has 0 unspecified atom stereocenters. The number of halogens is 1. The van der Waals surface area contributed by atoms with E-state index in [9.17, 15) is 13.2 Å². The van der Waals surface area contributed by atoms with Gasteiger partial charge in [0.2, 0.25) is 0 Å². The van der Waals surface area contributed by atoms with E-state index in [1.54, 1.807) is 43.5 Å². The first-order valence-corrected chi connectivity index (χ1v) is 10.3. The molecule has 1 amide bonds. The Labute approximate surface area is 170 Å². The standard InChI is InChI=1S/C19H16BrN3O4S/c1-27-17-6-4-15(5-7-17)22-19(24)13-10-16(12-21-11-13)23-28(25,26)18-8-2-14(20)3-9-18/h2-12,23H,1H3,(H,22,24). The first-order valence-electron chi connectivity index (χ1n) is 8.06. The number of rotatable bonds is 6. The van der Waals surface area contributed by atoms with Crippen molar-refractivity contribution in [2.75, 3.05) is 17.1 Å². The number of nitrogens with one attached hydrogen (secondary N) is 2. The third-order valence-corrected chi connectivity index (χ3v) is 5.65. The van der Waals surface area contributed by atoms with Crippen LogP contribution in [0.4, 0.5) is 11.4 Å². The van der Waals surface area contributed by atoms with Crippen molar-refractivity contribution < 1.29 is 17.9 Å². The lowest BCUT2D eigenvalue weighted by molar-refractivity contribution is 0.102. The first-order chi connectivity index (χ1) is 13.4. The Balaban J connectivity index is 1.75. The van der Waals surface area contributed by atoms with Crippen LogP contribution in [0.15, 0.2) is 76.4 Å². The molecule has 0 radical (unpaired) electrons. The Bertz CT molecular complexity index is 1080. The lowest BCUT2D eigenvalue weighted by atomic mass is 10.2. The van der Waals surface area contributed by atoms with Crippen molar-refractivity contribution in [2.45, 2.75) is 4.90 Å². The maximum absolute atomic E-state index is 12.5. The molecule has 0 aliphatic carbocycles. The molecule has 3 rings (SSSR count). The number of hydrogen-bond acceptors (Lipinski definition) is 5. The molecule has 0 saturated heterocycles. The summed E-state index contributed by atoms with van der Waals surface area (Å²) in [7, 11) is -2.24. The molecule has 3 aromatic rings. The Morgan fingerprint density at radius 2 is 1.68 bits per heavy atom. The van der Waals surface area contributed by atoms with Gasteiger partial charge in [0.05, 0.1) is 29.5 Å². The van der Waals surface area contributed by atoms with Gasteiger partial charge in [0, 0.05) is 16.4 Å². The number of nitrogens with zero attached hydrogens (tertiary/aromatic N) is 1. The lowest BCUT2D eigenvalue weighted by Crippen LogP contribution is -2.15. The average molecular weight is 462 g/mol. The van der Waals surface area contributed by atoms with Gasteiger partial charge in [-0.1, -0.05) is 15.9 Å². The zero-order valence-corrected chi connectivity index (χ0v) is 17.1. The van der Waals surface area contributed by atoms with Crippen LogP contribution in [0.25, 0.3) is 0 Å². The second kappa shape index (κ2) is 8.41. The van der Waals surface area contributed by atoms with E-state index in [2.05, 4.69) is 31.0 Å². The van der Waals surface area contributed by atoms with Gasteiger partial charge in [0.1, 0.15) is 5.75 Å². The van der Waals surface area contributed by atoms with Crippen molar-refractivity contribution in [2.24, 2.45) is 0 Å². The highest BCUT2D eigenvalue weighted by atomic mass is 79.9. The molecule has 7 nitrogen and oxygen atoms in total. The number of carbonyl (C=O) groups excluding carboxylic acids is 1. The number of aromatic nitrogens is 1. The van der Waals surface area contributed by atoms with Gasteiger partial charge in [-0.25, -0.2) is 8.42 Å². The second-order valence-corrected chi connectivity index (χ2v) is 8.30. The van der Waals surface area contributed by atoms with Crippen LogP contribution in [-0.2, 0) is 10.0 Å². The maximum Gasteiger partial charge on any atom is 0.261 e. The van der Waals surface area contributed by atoms with E-state index in [1.807, 2.05) is 0 Å². The molecule has 0 spiro atoms. The monoisotopic (exact) mass is 461 g/mol. The molecule has 0 aliphatic rings. The van der Waals surface area contributed by atoms with Crippen molar-refractivity contribution in [3.8, 4) is 5.75 Å². The molecule has 1 aromatic heterocycles. The molecule has 0 fully saturated rings. The number of ether oxygens (including phenoxy) is 1. The zero-order valence-electron chi connectivity index (χ0n) is 14.7. The Morgan fingerprint density at radius 3 is 2.32 bits per heavy atom. The van der Waals surface area contributed by atoms with Gasteiger partial charge in [0.25, 0.3) is 15.9 Å². The van der Waals surface area contributed by atoms with Gasteiger partial charge in [-0.3, -0.25) is 14.5 Å². The SMILES string of the molecule is COc1ccc(NC(=O)c2cncc(NS(=O)(=O)c3ccc(Br)cc3)c2)cc1. The second-order valence-electron chi connectivity index (χ2n) is 5.70. The summed E-state index contributed by atoms with van der Waals surface area (Å²) in [5.74, 6) is 0.256. The van der Waals surface area contributed by atoms with Crippen LogP contribution in [0.3, 0.4) is 0 Å². The summed E-state index contributed by atoms with van der Waals surface area (Å²) in [5, 5.41) is 2.72. The fraction of sp³-hybridized carbons (Fsp3) is 0.0526. The van der Waals surface area contributed by atoms with Crippen LogP contribution in [0.1, 0.15) is 10.4 Å². The van der Waals surface area contributed by atoms with Gasteiger partial charge in [-0.05, 0) is 54.6 Å². The zero-order chi connectivity index (χ0) is 20.1. The number of pyridine rings is 1. The summed E-state index contributed by atoms with van der Waals surface area (Å²) < 4.78 is 33.2. The molecule has 2 N–H and O–H groups in total. The largest absolute Gasteiger partial charge is 0.497 e. The minimum absolute atomic E-state index is 0.101. The van der Waals surface area contributed by atoms with Crippen LogP contribution in [0.5, 0.6) is 5.75 Å². The molecule has 2 aromatic carbocycles. The summed E-state index contributed by atoms with van der Waals surface area (Å²) in [4.78, 5) is 16.5. The van der Waals surface area contributed by atoms with Crippen LogP contribution in [0.2, 0.25) is 0 Å². The predicted octanol–water partition coefficient (Wildman–Crippen LogP) is 3.91.